The number of rotatable bonds is 8. The molecule has 13 heteroatoms. The van der Waals surface area contributed by atoms with Crippen LogP contribution in [0.1, 0.15) is 28.4 Å². The van der Waals surface area contributed by atoms with Gasteiger partial charge >= 0.3 is 0 Å². The first-order valence-corrected chi connectivity index (χ1v) is 16.2. The van der Waals surface area contributed by atoms with E-state index in [9.17, 15) is 26.8 Å². The zero-order valence-corrected chi connectivity index (χ0v) is 25.8. The summed E-state index contributed by atoms with van der Waals surface area (Å²) < 4.78 is 55.3. The number of alkyl halides is 2. The molecule has 3 aliphatic rings. The second-order valence-corrected chi connectivity index (χ2v) is 13.3. The van der Waals surface area contributed by atoms with Crippen molar-refractivity contribution in [2.24, 2.45) is 0 Å². The van der Waals surface area contributed by atoms with Crippen LogP contribution in [0.4, 0.5) is 25.8 Å². The first-order valence-electron chi connectivity index (χ1n) is 14.7. The van der Waals surface area contributed by atoms with Gasteiger partial charge in [0.2, 0.25) is 10.0 Å². The predicted molar refractivity (Wildman–Crippen MR) is 170 cm³/mol. The average molecular weight is 637 g/mol. The molecule has 0 radical (unpaired) electrons. The van der Waals surface area contributed by atoms with Crippen LogP contribution in [0.2, 0.25) is 0 Å². The van der Waals surface area contributed by atoms with Crippen molar-refractivity contribution in [3.63, 3.8) is 0 Å². The summed E-state index contributed by atoms with van der Waals surface area (Å²) in [7, 11) is -2.40. The number of piperazine rings is 1. The van der Waals surface area contributed by atoms with Gasteiger partial charge < -0.3 is 25.8 Å². The number of likely N-dealkylation sites (N-methyl/N-ethyl adjacent to an activating group) is 1. The molecular formula is C32H34F2N6O4S. The highest BCUT2D eigenvalue weighted by Gasteiger charge is 2.51. The number of fused-ring (bicyclic) bond motifs is 1. The SMILES string of the molecule is CCNC(=O)c1cc2c(cc1S(=O)(=O)N1CC(F)(F)C1)/C(=C(/Nc1ccc(N3CCN(C)CC3)cc1)c1ccccc1)C(=O)N2. The van der Waals surface area contributed by atoms with Gasteiger partial charge in [0.05, 0.1) is 40.5 Å². The summed E-state index contributed by atoms with van der Waals surface area (Å²) in [5, 5.41) is 8.72. The lowest BCUT2D eigenvalue weighted by Gasteiger charge is -2.37. The van der Waals surface area contributed by atoms with E-state index < -0.39 is 45.7 Å². The second kappa shape index (κ2) is 11.9. The van der Waals surface area contributed by atoms with Crippen LogP contribution in [-0.4, -0.2) is 88.2 Å². The molecule has 2 saturated heterocycles. The molecule has 0 spiro atoms. The highest BCUT2D eigenvalue weighted by atomic mass is 32.2. The first kappa shape index (κ1) is 30.7. The van der Waals surface area contributed by atoms with Crippen molar-refractivity contribution in [3.8, 4) is 0 Å². The third-order valence-corrected chi connectivity index (χ3v) is 10.0. The highest BCUT2D eigenvalue weighted by molar-refractivity contribution is 7.89. The number of amides is 2. The van der Waals surface area contributed by atoms with E-state index in [1.165, 1.54) is 12.1 Å². The zero-order valence-electron chi connectivity index (χ0n) is 24.9. The summed E-state index contributed by atoms with van der Waals surface area (Å²) in [5.41, 5.74) is 3.27. The number of nitrogens with zero attached hydrogens (tertiary/aromatic N) is 3. The van der Waals surface area contributed by atoms with Gasteiger partial charge in [0.25, 0.3) is 17.7 Å². The van der Waals surface area contributed by atoms with Crippen LogP contribution in [0, 0.1) is 0 Å². The van der Waals surface area contributed by atoms with Gasteiger partial charge in [-0.1, -0.05) is 30.3 Å². The second-order valence-electron chi connectivity index (χ2n) is 11.4. The molecule has 3 heterocycles. The fourth-order valence-corrected chi connectivity index (χ4v) is 7.41. The minimum absolute atomic E-state index is 0.159. The molecule has 2 amide bonds. The lowest BCUT2D eigenvalue weighted by molar-refractivity contribution is -0.110. The van der Waals surface area contributed by atoms with Gasteiger partial charge in [-0.2, -0.15) is 4.31 Å². The Balaban J connectivity index is 1.44. The van der Waals surface area contributed by atoms with Crippen LogP contribution in [0.15, 0.2) is 71.6 Å². The number of hydrogen-bond donors (Lipinski definition) is 3. The Kier molecular flexibility index (Phi) is 8.10. The normalized spacial score (nSPS) is 19.4. The minimum Gasteiger partial charge on any atom is -0.369 e. The van der Waals surface area contributed by atoms with Gasteiger partial charge in [-0.15, -0.1) is 0 Å². The van der Waals surface area contributed by atoms with E-state index in [2.05, 4.69) is 32.8 Å². The maximum atomic E-state index is 13.7. The van der Waals surface area contributed by atoms with E-state index in [1.807, 2.05) is 54.6 Å². The third kappa shape index (κ3) is 6.02. The molecule has 2 fully saturated rings. The summed E-state index contributed by atoms with van der Waals surface area (Å²) in [6, 6.07) is 19.5. The average Bonchev–Trinajstić information content (AvgIpc) is 3.33. The third-order valence-electron chi connectivity index (χ3n) is 8.20. The van der Waals surface area contributed by atoms with Crippen LogP contribution in [0.25, 0.3) is 11.3 Å². The van der Waals surface area contributed by atoms with Crippen LogP contribution in [0.3, 0.4) is 0 Å². The monoisotopic (exact) mass is 636 g/mol. The van der Waals surface area contributed by atoms with Crippen molar-refractivity contribution in [2.75, 3.05) is 68.4 Å². The molecule has 3 N–H and O–H groups in total. The van der Waals surface area contributed by atoms with Crippen molar-refractivity contribution < 1.29 is 26.8 Å². The van der Waals surface area contributed by atoms with Crippen LogP contribution in [0.5, 0.6) is 0 Å². The van der Waals surface area contributed by atoms with Crippen LogP contribution >= 0.6 is 0 Å². The molecule has 3 aromatic carbocycles. The number of sulfonamides is 1. The molecule has 3 aliphatic heterocycles. The Labute approximate surface area is 260 Å². The fourth-order valence-electron chi connectivity index (χ4n) is 5.72. The molecule has 0 saturated carbocycles. The molecule has 0 aliphatic carbocycles. The number of benzene rings is 3. The van der Waals surface area contributed by atoms with Crippen molar-refractivity contribution in [1.29, 1.82) is 0 Å². The van der Waals surface area contributed by atoms with Crippen molar-refractivity contribution in [1.82, 2.24) is 14.5 Å². The molecule has 0 unspecified atom stereocenters. The summed E-state index contributed by atoms with van der Waals surface area (Å²) in [4.78, 5) is 30.7. The molecular weight excluding hydrogens is 602 g/mol. The van der Waals surface area contributed by atoms with Gasteiger partial charge in [0.1, 0.15) is 0 Å². The smallest absolute Gasteiger partial charge is 0.275 e. The van der Waals surface area contributed by atoms with Crippen molar-refractivity contribution >= 4 is 50.2 Å². The number of anilines is 3. The Morgan fingerprint density at radius 1 is 0.978 bits per heavy atom. The molecule has 236 valence electrons. The molecule has 6 rings (SSSR count). The van der Waals surface area contributed by atoms with Crippen molar-refractivity contribution in [2.45, 2.75) is 17.7 Å². The maximum Gasteiger partial charge on any atom is 0.275 e. The predicted octanol–water partition coefficient (Wildman–Crippen LogP) is 3.76. The number of halogens is 2. The van der Waals surface area contributed by atoms with Gasteiger partial charge in [-0.05, 0) is 55.9 Å². The van der Waals surface area contributed by atoms with Gasteiger partial charge in [0.15, 0.2) is 0 Å². The number of hydrogen-bond acceptors (Lipinski definition) is 7. The summed E-state index contributed by atoms with van der Waals surface area (Å²) in [6.07, 6.45) is 0. The van der Waals surface area contributed by atoms with E-state index in [1.54, 1.807) is 6.92 Å². The lowest BCUT2D eigenvalue weighted by atomic mass is 9.98. The maximum absolute atomic E-state index is 13.7. The Morgan fingerprint density at radius 3 is 2.27 bits per heavy atom. The van der Waals surface area contributed by atoms with E-state index in [0.29, 0.717) is 21.3 Å². The molecule has 3 aromatic rings. The van der Waals surface area contributed by atoms with Gasteiger partial charge in [-0.3, -0.25) is 9.59 Å². The summed E-state index contributed by atoms with van der Waals surface area (Å²) in [6.45, 7) is 3.69. The highest BCUT2D eigenvalue weighted by Crippen LogP contribution is 2.42. The van der Waals surface area contributed by atoms with Crippen LogP contribution < -0.4 is 20.9 Å². The largest absolute Gasteiger partial charge is 0.369 e. The Bertz CT molecular complexity index is 1770. The Morgan fingerprint density at radius 2 is 1.64 bits per heavy atom. The van der Waals surface area contributed by atoms with E-state index in [-0.39, 0.29) is 28.9 Å². The molecule has 10 nitrogen and oxygen atoms in total. The zero-order chi connectivity index (χ0) is 31.9. The van der Waals surface area contributed by atoms with E-state index in [0.717, 1.165) is 31.9 Å². The standard InChI is InChI=1S/C32H34F2N6O4S/c1-3-35-30(41)25-17-26-24(18-27(25)45(43,44)40-19-32(33,34)20-40)28(31(42)37-26)29(21-7-5-4-6-8-21)36-22-9-11-23(12-10-22)39-15-13-38(2)14-16-39/h4-12,17-18,36H,3,13-16,19-20H2,1-2H3,(H,35,41)(H,37,42)/b29-28-. The number of carbonyl (C=O) groups excluding carboxylic acids is 2. The number of carbonyl (C=O) groups is 2. The van der Waals surface area contributed by atoms with E-state index >= 15 is 0 Å². The fraction of sp³-hybridized carbons (Fsp3) is 0.312. The summed E-state index contributed by atoms with van der Waals surface area (Å²) in [5.74, 6) is -4.35. The summed E-state index contributed by atoms with van der Waals surface area (Å²) >= 11 is 0. The molecule has 0 bridgehead atoms. The topological polar surface area (TPSA) is 114 Å². The van der Waals surface area contributed by atoms with Crippen LogP contribution in [-0.2, 0) is 14.8 Å². The van der Waals surface area contributed by atoms with Gasteiger partial charge in [0, 0.05) is 49.7 Å². The molecule has 0 atom stereocenters. The minimum atomic E-state index is -4.50. The number of nitrogens with one attached hydrogen (secondary N) is 3. The quantitative estimate of drug-likeness (QED) is 0.323. The first-order chi connectivity index (χ1) is 21.5. The van der Waals surface area contributed by atoms with Gasteiger partial charge in [-0.25, -0.2) is 17.2 Å². The van der Waals surface area contributed by atoms with E-state index in [4.69, 9.17) is 0 Å². The lowest BCUT2D eigenvalue weighted by Crippen LogP contribution is -2.58. The molecule has 45 heavy (non-hydrogen) atoms. The Hall–Kier alpha value is -4.33. The molecule has 0 aromatic heterocycles. The van der Waals surface area contributed by atoms with Crippen molar-refractivity contribution in [3.05, 3.63) is 83.4 Å².